The van der Waals surface area contributed by atoms with Crippen LogP contribution in [0.2, 0.25) is 5.02 Å². The van der Waals surface area contributed by atoms with E-state index >= 15 is 0 Å². The van der Waals surface area contributed by atoms with Crippen molar-refractivity contribution in [3.8, 4) is 0 Å². The van der Waals surface area contributed by atoms with Crippen LogP contribution >= 0.6 is 11.6 Å². The normalized spacial score (nSPS) is 16.1. The van der Waals surface area contributed by atoms with Crippen LogP contribution in [0.25, 0.3) is 0 Å². The number of piperazine rings is 1. The second-order valence-corrected chi connectivity index (χ2v) is 6.76. The lowest BCUT2D eigenvalue weighted by Crippen LogP contribution is -2.50. The zero-order valence-electron chi connectivity index (χ0n) is 13.7. The quantitative estimate of drug-likeness (QED) is 0.913. The Hall–Kier alpha value is -1.26. The third-order valence-corrected chi connectivity index (χ3v) is 4.60. The van der Waals surface area contributed by atoms with E-state index < -0.39 is 0 Å². The van der Waals surface area contributed by atoms with E-state index in [9.17, 15) is 4.79 Å². The lowest BCUT2D eigenvalue weighted by molar-refractivity contribution is 0.143. The molecule has 1 saturated heterocycles. The summed E-state index contributed by atoms with van der Waals surface area (Å²) in [6.07, 6.45) is 1.22. The zero-order chi connectivity index (χ0) is 16.1. The van der Waals surface area contributed by atoms with Crippen LogP contribution in [0.15, 0.2) is 18.2 Å². The van der Waals surface area contributed by atoms with Crippen molar-refractivity contribution in [2.75, 3.05) is 38.0 Å². The van der Waals surface area contributed by atoms with Crippen molar-refractivity contribution in [2.45, 2.75) is 27.2 Å². The molecule has 1 heterocycles. The molecule has 122 valence electrons. The van der Waals surface area contributed by atoms with Gasteiger partial charge in [-0.05, 0) is 43.5 Å². The van der Waals surface area contributed by atoms with Gasteiger partial charge in [-0.1, -0.05) is 31.5 Å². The van der Waals surface area contributed by atoms with Gasteiger partial charge < -0.3 is 10.2 Å². The summed E-state index contributed by atoms with van der Waals surface area (Å²) in [4.78, 5) is 16.7. The molecule has 5 heteroatoms. The monoisotopic (exact) mass is 323 g/mol. The molecule has 1 aliphatic rings. The van der Waals surface area contributed by atoms with Crippen LogP contribution in [0, 0.1) is 12.8 Å². The maximum absolute atomic E-state index is 12.4. The number of hydrogen-bond acceptors (Lipinski definition) is 2. The van der Waals surface area contributed by atoms with Gasteiger partial charge in [-0.15, -0.1) is 0 Å². The van der Waals surface area contributed by atoms with Crippen molar-refractivity contribution in [3.63, 3.8) is 0 Å². The highest BCUT2D eigenvalue weighted by Gasteiger charge is 2.21. The standard InChI is InChI=1S/C17H26ClN3O/c1-13(2)7-8-20-9-11-21(12-10-20)17(22)19-16-6-4-5-15(18)14(16)3/h4-6,13H,7-12H2,1-3H3,(H,19,22). The minimum Gasteiger partial charge on any atom is -0.322 e. The summed E-state index contributed by atoms with van der Waals surface area (Å²) in [5.41, 5.74) is 1.70. The van der Waals surface area contributed by atoms with Crippen molar-refractivity contribution >= 4 is 23.3 Å². The predicted octanol–water partition coefficient (Wildman–Crippen LogP) is 3.84. The van der Waals surface area contributed by atoms with Gasteiger partial charge in [0.05, 0.1) is 0 Å². The first-order valence-corrected chi connectivity index (χ1v) is 8.38. The lowest BCUT2D eigenvalue weighted by atomic mass is 10.1. The van der Waals surface area contributed by atoms with Crippen LogP contribution in [0.4, 0.5) is 10.5 Å². The van der Waals surface area contributed by atoms with Crippen LogP contribution in [-0.4, -0.2) is 48.6 Å². The molecule has 2 rings (SSSR count). The molecule has 0 radical (unpaired) electrons. The Labute approximate surface area is 138 Å². The number of urea groups is 1. The van der Waals surface area contributed by atoms with Gasteiger partial charge in [-0.2, -0.15) is 0 Å². The number of anilines is 1. The van der Waals surface area contributed by atoms with Crippen LogP contribution in [0.5, 0.6) is 0 Å². The zero-order valence-corrected chi connectivity index (χ0v) is 14.5. The van der Waals surface area contributed by atoms with E-state index in [1.807, 2.05) is 30.0 Å². The Morgan fingerprint density at radius 3 is 2.59 bits per heavy atom. The molecule has 4 nitrogen and oxygen atoms in total. The van der Waals surface area contributed by atoms with Crippen molar-refractivity contribution in [3.05, 3.63) is 28.8 Å². The van der Waals surface area contributed by atoms with Gasteiger partial charge in [0.2, 0.25) is 0 Å². The highest BCUT2D eigenvalue weighted by molar-refractivity contribution is 6.31. The van der Waals surface area contributed by atoms with Crippen molar-refractivity contribution < 1.29 is 4.79 Å². The predicted molar refractivity (Wildman–Crippen MR) is 92.7 cm³/mol. The Balaban J connectivity index is 1.84. The highest BCUT2D eigenvalue weighted by Crippen LogP contribution is 2.23. The number of benzene rings is 1. The number of carbonyl (C=O) groups is 1. The number of halogens is 1. The maximum atomic E-state index is 12.4. The van der Waals surface area contributed by atoms with Crippen LogP contribution in [-0.2, 0) is 0 Å². The van der Waals surface area contributed by atoms with Crippen LogP contribution in [0.1, 0.15) is 25.8 Å². The molecule has 0 bridgehead atoms. The SMILES string of the molecule is Cc1c(Cl)cccc1NC(=O)N1CCN(CCC(C)C)CC1. The summed E-state index contributed by atoms with van der Waals surface area (Å²) in [5, 5.41) is 3.65. The smallest absolute Gasteiger partial charge is 0.321 e. The minimum absolute atomic E-state index is 0.0334. The fourth-order valence-electron chi connectivity index (χ4n) is 2.55. The Kier molecular flexibility index (Phi) is 6.09. The van der Waals surface area contributed by atoms with Gasteiger partial charge in [-0.25, -0.2) is 4.79 Å². The molecule has 0 atom stereocenters. The molecule has 1 aliphatic heterocycles. The number of nitrogens with one attached hydrogen (secondary N) is 1. The molecule has 2 amide bonds. The van der Waals surface area contributed by atoms with E-state index in [4.69, 9.17) is 11.6 Å². The largest absolute Gasteiger partial charge is 0.322 e. The molecule has 0 unspecified atom stereocenters. The first-order valence-electron chi connectivity index (χ1n) is 8.00. The number of carbonyl (C=O) groups excluding carboxylic acids is 1. The average molecular weight is 324 g/mol. The van der Waals surface area contributed by atoms with E-state index in [1.165, 1.54) is 6.42 Å². The minimum atomic E-state index is -0.0334. The third-order valence-electron chi connectivity index (χ3n) is 4.19. The molecule has 1 aromatic rings. The summed E-state index contributed by atoms with van der Waals surface area (Å²) in [5.74, 6) is 0.729. The topological polar surface area (TPSA) is 35.6 Å². The Morgan fingerprint density at radius 1 is 1.27 bits per heavy atom. The molecule has 22 heavy (non-hydrogen) atoms. The summed E-state index contributed by atoms with van der Waals surface area (Å²) in [6.45, 7) is 11.0. The molecule has 1 N–H and O–H groups in total. The number of amides is 2. The van der Waals surface area contributed by atoms with Crippen LogP contribution < -0.4 is 5.32 Å². The van der Waals surface area contributed by atoms with E-state index in [-0.39, 0.29) is 6.03 Å². The maximum Gasteiger partial charge on any atom is 0.321 e. The van der Waals surface area contributed by atoms with Gasteiger partial charge in [0.15, 0.2) is 0 Å². The van der Waals surface area contributed by atoms with Gasteiger partial charge >= 0.3 is 6.03 Å². The fraction of sp³-hybridized carbons (Fsp3) is 0.588. The average Bonchev–Trinajstić information content (AvgIpc) is 2.50. The van der Waals surface area contributed by atoms with E-state index in [0.717, 1.165) is 49.9 Å². The van der Waals surface area contributed by atoms with Crippen molar-refractivity contribution in [2.24, 2.45) is 5.92 Å². The van der Waals surface area contributed by atoms with Gasteiger partial charge in [0.25, 0.3) is 0 Å². The summed E-state index contributed by atoms with van der Waals surface area (Å²) in [7, 11) is 0. The van der Waals surface area contributed by atoms with Gasteiger partial charge in [0.1, 0.15) is 0 Å². The van der Waals surface area contributed by atoms with E-state index in [1.54, 1.807) is 0 Å². The van der Waals surface area contributed by atoms with E-state index in [0.29, 0.717) is 5.02 Å². The molecule has 0 aromatic heterocycles. The fourth-order valence-corrected chi connectivity index (χ4v) is 2.73. The number of rotatable bonds is 4. The molecular formula is C17H26ClN3O. The second kappa shape index (κ2) is 7.84. The van der Waals surface area contributed by atoms with E-state index in [2.05, 4.69) is 24.1 Å². The molecule has 0 saturated carbocycles. The highest BCUT2D eigenvalue weighted by atomic mass is 35.5. The molecular weight excluding hydrogens is 298 g/mol. The van der Waals surface area contributed by atoms with Crippen LogP contribution in [0.3, 0.4) is 0 Å². The Bertz CT molecular complexity index is 511. The molecule has 0 spiro atoms. The first-order chi connectivity index (χ1) is 10.5. The van der Waals surface area contributed by atoms with Crippen molar-refractivity contribution in [1.82, 2.24) is 9.80 Å². The molecule has 1 fully saturated rings. The third kappa shape index (κ3) is 4.62. The number of hydrogen-bond donors (Lipinski definition) is 1. The van der Waals surface area contributed by atoms with Gasteiger partial charge in [-0.3, -0.25) is 4.90 Å². The summed E-state index contributed by atoms with van der Waals surface area (Å²) >= 11 is 6.09. The van der Waals surface area contributed by atoms with Crippen molar-refractivity contribution in [1.29, 1.82) is 0 Å². The summed E-state index contributed by atoms with van der Waals surface area (Å²) in [6, 6.07) is 5.54. The molecule has 0 aliphatic carbocycles. The first kappa shape index (κ1) is 17.1. The summed E-state index contributed by atoms with van der Waals surface area (Å²) < 4.78 is 0. The molecule has 1 aromatic carbocycles. The lowest BCUT2D eigenvalue weighted by Gasteiger charge is -2.35. The van der Waals surface area contributed by atoms with Gasteiger partial charge in [0, 0.05) is 36.9 Å². The second-order valence-electron chi connectivity index (χ2n) is 6.35. The number of nitrogens with zero attached hydrogens (tertiary/aromatic N) is 2. The Morgan fingerprint density at radius 2 is 1.95 bits per heavy atom.